The first kappa shape index (κ1) is 14.0. The molecule has 0 aliphatic rings. The van der Waals surface area contributed by atoms with Gasteiger partial charge in [0.1, 0.15) is 0 Å². The first-order valence-corrected chi connectivity index (χ1v) is 5.52. The maximum atomic E-state index is 11.6. The van der Waals surface area contributed by atoms with Gasteiger partial charge in [0, 0.05) is 11.6 Å². The maximum Gasteiger partial charge on any atom is 0.320 e. The molecule has 1 aromatic carbocycles. The van der Waals surface area contributed by atoms with E-state index >= 15 is 0 Å². The van der Waals surface area contributed by atoms with E-state index in [1.165, 1.54) is 14.2 Å². The van der Waals surface area contributed by atoms with E-state index in [4.69, 9.17) is 5.73 Å². The van der Waals surface area contributed by atoms with E-state index in [1.807, 2.05) is 0 Å². The third-order valence-corrected chi connectivity index (χ3v) is 2.87. The van der Waals surface area contributed by atoms with Crippen molar-refractivity contribution in [1.82, 2.24) is 0 Å². The van der Waals surface area contributed by atoms with E-state index in [1.54, 1.807) is 31.2 Å². The van der Waals surface area contributed by atoms with Gasteiger partial charge in [-0.15, -0.1) is 0 Å². The Hall–Kier alpha value is -2.04. The number of esters is 2. The van der Waals surface area contributed by atoms with Crippen molar-refractivity contribution >= 4 is 17.6 Å². The van der Waals surface area contributed by atoms with Crippen molar-refractivity contribution in [2.24, 2.45) is 5.92 Å². The number of anilines is 1. The molecule has 5 nitrogen and oxygen atoms in total. The molecule has 0 heterocycles. The third kappa shape index (κ3) is 3.00. The zero-order valence-corrected chi connectivity index (χ0v) is 10.7. The highest BCUT2D eigenvalue weighted by molar-refractivity contribution is 5.95. The van der Waals surface area contributed by atoms with E-state index in [2.05, 4.69) is 9.47 Å². The van der Waals surface area contributed by atoms with Gasteiger partial charge in [-0.2, -0.15) is 0 Å². The summed E-state index contributed by atoms with van der Waals surface area (Å²) in [5.41, 5.74) is 7.04. The number of methoxy groups -OCH3 is 2. The Labute approximate surface area is 106 Å². The summed E-state index contributed by atoms with van der Waals surface area (Å²) < 4.78 is 9.27. The molecule has 18 heavy (non-hydrogen) atoms. The number of carbonyl (C=O) groups is 2. The van der Waals surface area contributed by atoms with Gasteiger partial charge in [-0.05, 0) is 17.7 Å². The van der Waals surface area contributed by atoms with Gasteiger partial charge in [-0.25, -0.2) is 0 Å². The topological polar surface area (TPSA) is 78.6 Å². The quantitative estimate of drug-likeness (QED) is 0.496. The van der Waals surface area contributed by atoms with Crippen LogP contribution in [0.4, 0.5) is 5.69 Å². The normalized spacial score (nSPS) is 12.0. The van der Waals surface area contributed by atoms with Crippen LogP contribution in [0.25, 0.3) is 0 Å². The van der Waals surface area contributed by atoms with Gasteiger partial charge >= 0.3 is 11.9 Å². The first-order chi connectivity index (χ1) is 8.51. The Morgan fingerprint density at radius 3 is 1.89 bits per heavy atom. The van der Waals surface area contributed by atoms with Gasteiger partial charge in [-0.3, -0.25) is 9.59 Å². The molecule has 0 saturated heterocycles. The van der Waals surface area contributed by atoms with Crippen molar-refractivity contribution in [3.05, 3.63) is 29.8 Å². The molecule has 1 rings (SSSR count). The van der Waals surface area contributed by atoms with Crippen molar-refractivity contribution in [2.45, 2.75) is 12.8 Å². The van der Waals surface area contributed by atoms with Crippen LogP contribution < -0.4 is 5.73 Å². The number of benzene rings is 1. The Balaban J connectivity index is 3.02. The summed E-state index contributed by atoms with van der Waals surface area (Å²) in [7, 11) is 2.49. The number of hydrogen-bond acceptors (Lipinski definition) is 5. The zero-order chi connectivity index (χ0) is 13.7. The highest BCUT2D eigenvalue weighted by Crippen LogP contribution is 2.27. The lowest BCUT2D eigenvalue weighted by Crippen LogP contribution is -2.31. The third-order valence-electron chi connectivity index (χ3n) is 2.87. The molecular formula is C13H17NO4. The van der Waals surface area contributed by atoms with Crippen molar-refractivity contribution in [2.75, 3.05) is 20.0 Å². The Bertz CT molecular complexity index is 411. The van der Waals surface area contributed by atoms with E-state index in [0.29, 0.717) is 5.69 Å². The molecule has 1 atom stereocenters. The van der Waals surface area contributed by atoms with Gasteiger partial charge in [0.25, 0.3) is 0 Å². The second kappa shape index (κ2) is 6.05. The summed E-state index contributed by atoms with van der Waals surface area (Å²) in [4.78, 5) is 23.3. The standard InChI is InChI=1S/C13H17NO4/c1-8(9-4-6-10(14)7-5-9)11(12(15)17-2)13(16)18-3/h4-8,11H,14H2,1-3H3. The lowest BCUT2D eigenvalue weighted by molar-refractivity contribution is -0.159. The van der Waals surface area contributed by atoms with Crippen LogP contribution in [0.3, 0.4) is 0 Å². The average molecular weight is 251 g/mol. The molecular weight excluding hydrogens is 234 g/mol. The molecule has 0 aromatic heterocycles. The Kier molecular flexibility index (Phi) is 4.71. The maximum absolute atomic E-state index is 11.6. The summed E-state index contributed by atoms with van der Waals surface area (Å²) in [5, 5.41) is 0. The fraction of sp³-hybridized carbons (Fsp3) is 0.385. The molecule has 98 valence electrons. The summed E-state index contributed by atoms with van der Waals surface area (Å²) in [6.07, 6.45) is 0. The van der Waals surface area contributed by atoms with Crippen molar-refractivity contribution in [1.29, 1.82) is 0 Å². The van der Waals surface area contributed by atoms with Crippen LogP contribution in [0.1, 0.15) is 18.4 Å². The average Bonchev–Trinajstić information content (AvgIpc) is 2.39. The minimum absolute atomic E-state index is 0.342. The SMILES string of the molecule is COC(=O)C(C(=O)OC)C(C)c1ccc(N)cc1. The number of rotatable bonds is 4. The van der Waals surface area contributed by atoms with Crippen LogP contribution in [0.15, 0.2) is 24.3 Å². The van der Waals surface area contributed by atoms with Gasteiger partial charge < -0.3 is 15.2 Å². The first-order valence-electron chi connectivity index (χ1n) is 5.52. The summed E-state index contributed by atoms with van der Waals surface area (Å²) in [6, 6.07) is 6.99. The molecule has 0 radical (unpaired) electrons. The monoisotopic (exact) mass is 251 g/mol. The number of carbonyl (C=O) groups excluding carboxylic acids is 2. The van der Waals surface area contributed by atoms with Gasteiger partial charge in [0.05, 0.1) is 14.2 Å². The van der Waals surface area contributed by atoms with Gasteiger partial charge in [0.2, 0.25) is 0 Å². The predicted molar refractivity (Wildman–Crippen MR) is 66.8 cm³/mol. The Morgan fingerprint density at radius 1 is 1.06 bits per heavy atom. The fourth-order valence-electron chi connectivity index (χ4n) is 1.75. The largest absolute Gasteiger partial charge is 0.468 e. The summed E-state index contributed by atoms with van der Waals surface area (Å²) >= 11 is 0. The van der Waals surface area contributed by atoms with Crippen molar-refractivity contribution < 1.29 is 19.1 Å². The predicted octanol–water partition coefficient (Wildman–Crippen LogP) is 1.33. The highest BCUT2D eigenvalue weighted by Gasteiger charge is 2.35. The number of nitrogen functional groups attached to an aromatic ring is 1. The summed E-state index contributed by atoms with van der Waals surface area (Å²) in [5.74, 6) is -2.52. The van der Waals surface area contributed by atoms with E-state index < -0.39 is 17.9 Å². The molecule has 0 fully saturated rings. The second-order valence-corrected chi connectivity index (χ2v) is 3.98. The van der Waals surface area contributed by atoms with Crippen LogP contribution in [0.2, 0.25) is 0 Å². The van der Waals surface area contributed by atoms with Gasteiger partial charge in [0.15, 0.2) is 5.92 Å². The van der Waals surface area contributed by atoms with E-state index in [0.717, 1.165) is 5.56 Å². The van der Waals surface area contributed by atoms with Crippen LogP contribution in [0.5, 0.6) is 0 Å². The molecule has 0 aliphatic carbocycles. The van der Waals surface area contributed by atoms with Crippen molar-refractivity contribution in [3.8, 4) is 0 Å². The smallest absolute Gasteiger partial charge is 0.320 e. The molecule has 1 aromatic rings. The molecule has 0 bridgehead atoms. The minimum atomic E-state index is -0.969. The number of hydrogen-bond donors (Lipinski definition) is 1. The van der Waals surface area contributed by atoms with Crippen LogP contribution in [-0.4, -0.2) is 26.2 Å². The number of ether oxygens (including phenoxy) is 2. The molecule has 0 spiro atoms. The number of nitrogens with two attached hydrogens (primary N) is 1. The van der Waals surface area contributed by atoms with Crippen LogP contribution in [-0.2, 0) is 19.1 Å². The van der Waals surface area contributed by atoms with Crippen LogP contribution >= 0.6 is 0 Å². The lowest BCUT2D eigenvalue weighted by Gasteiger charge is -2.20. The molecule has 0 amide bonds. The molecule has 1 unspecified atom stereocenters. The lowest BCUT2D eigenvalue weighted by atomic mass is 9.87. The molecule has 0 saturated carbocycles. The minimum Gasteiger partial charge on any atom is -0.468 e. The molecule has 5 heteroatoms. The highest BCUT2D eigenvalue weighted by atomic mass is 16.5. The van der Waals surface area contributed by atoms with Crippen LogP contribution in [0, 0.1) is 5.92 Å². The van der Waals surface area contributed by atoms with Crippen molar-refractivity contribution in [3.63, 3.8) is 0 Å². The van der Waals surface area contributed by atoms with E-state index in [-0.39, 0.29) is 5.92 Å². The van der Waals surface area contributed by atoms with Gasteiger partial charge in [-0.1, -0.05) is 19.1 Å². The van der Waals surface area contributed by atoms with E-state index in [9.17, 15) is 9.59 Å². The zero-order valence-electron chi connectivity index (χ0n) is 10.7. The molecule has 0 aliphatic heterocycles. The summed E-state index contributed by atoms with van der Waals surface area (Å²) in [6.45, 7) is 1.77. The fourth-order valence-corrected chi connectivity index (χ4v) is 1.75. The Morgan fingerprint density at radius 2 is 1.50 bits per heavy atom. The second-order valence-electron chi connectivity index (χ2n) is 3.98. The molecule has 2 N–H and O–H groups in total.